The topological polar surface area (TPSA) is 24.9 Å². The first-order valence-corrected chi connectivity index (χ1v) is 6.59. The maximum atomic E-state index is 4.04. The Balaban J connectivity index is 2.19. The molecular formula is C16H20N2. The summed E-state index contributed by atoms with van der Waals surface area (Å²) in [5.41, 5.74) is 3.82. The summed E-state index contributed by atoms with van der Waals surface area (Å²) in [6.45, 7) is 5.36. The number of aromatic nitrogens is 1. The second kappa shape index (κ2) is 6.31. The Bertz CT molecular complexity index is 462. The van der Waals surface area contributed by atoms with Crippen molar-refractivity contribution >= 4 is 0 Å². The summed E-state index contributed by atoms with van der Waals surface area (Å²) in [6, 6.07) is 13.3. The molecule has 0 aliphatic rings. The van der Waals surface area contributed by atoms with E-state index >= 15 is 0 Å². The predicted octanol–water partition coefficient (Wildman–Crippen LogP) is 3.81. The summed E-state index contributed by atoms with van der Waals surface area (Å²) >= 11 is 0. The molecule has 0 bridgehead atoms. The highest BCUT2D eigenvalue weighted by atomic mass is 14.9. The molecule has 0 fully saturated rings. The van der Waals surface area contributed by atoms with Crippen LogP contribution in [0.5, 0.6) is 0 Å². The van der Waals surface area contributed by atoms with E-state index in [0.717, 1.165) is 13.0 Å². The second-order valence-corrected chi connectivity index (χ2v) is 4.38. The highest BCUT2D eigenvalue weighted by Gasteiger charge is 2.07. The number of pyridine rings is 1. The van der Waals surface area contributed by atoms with Crippen molar-refractivity contribution < 1.29 is 0 Å². The molecule has 18 heavy (non-hydrogen) atoms. The van der Waals surface area contributed by atoms with E-state index in [-0.39, 0.29) is 0 Å². The summed E-state index contributed by atoms with van der Waals surface area (Å²) in [5, 5.41) is 3.50. The maximum Gasteiger partial charge on any atom is 0.0317 e. The van der Waals surface area contributed by atoms with Crippen molar-refractivity contribution in [2.75, 3.05) is 6.54 Å². The molecule has 0 saturated carbocycles. The minimum atomic E-state index is 0.460. The van der Waals surface area contributed by atoms with Crippen LogP contribution in [-0.4, -0.2) is 11.5 Å². The summed E-state index contributed by atoms with van der Waals surface area (Å²) in [5.74, 6) is 0. The van der Waals surface area contributed by atoms with Gasteiger partial charge < -0.3 is 5.32 Å². The Morgan fingerprint density at radius 1 is 0.944 bits per heavy atom. The van der Waals surface area contributed by atoms with Gasteiger partial charge in [-0.15, -0.1) is 0 Å². The third-order valence-electron chi connectivity index (χ3n) is 3.19. The quantitative estimate of drug-likeness (QED) is 0.859. The predicted molar refractivity (Wildman–Crippen MR) is 76.4 cm³/mol. The number of nitrogens with one attached hydrogen (secondary N) is 1. The fourth-order valence-corrected chi connectivity index (χ4v) is 2.20. The fraction of sp³-hybridized carbons (Fsp3) is 0.312. The van der Waals surface area contributed by atoms with Crippen molar-refractivity contribution in [3.05, 3.63) is 54.4 Å². The van der Waals surface area contributed by atoms with Crippen LogP contribution in [0, 0.1) is 0 Å². The zero-order valence-electron chi connectivity index (χ0n) is 11.1. The van der Waals surface area contributed by atoms with Crippen LogP contribution in [0.1, 0.15) is 31.9 Å². The van der Waals surface area contributed by atoms with Crippen LogP contribution < -0.4 is 5.32 Å². The summed E-state index contributed by atoms with van der Waals surface area (Å²) in [6.07, 6.45) is 4.77. The second-order valence-electron chi connectivity index (χ2n) is 4.38. The van der Waals surface area contributed by atoms with Gasteiger partial charge in [0.1, 0.15) is 0 Å². The number of hydrogen-bond donors (Lipinski definition) is 1. The van der Waals surface area contributed by atoms with E-state index in [1.165, 1.54) is 16.7 Å². The molecular weight excluding hydrogens is 220 g/mol. The minimum Gasteiger partial charge on any atom is -0.310 e. The van der Waals surface area contributed by atoms with Gasteiger partial charge in [-0.05, 0) is 41.8 Å². The third-order valence-corrected chi connectivity index (χ3v) is 3.19. The smallest absolute Gasteiger partial charge is 0.0317 e. The first kappa shape index (κ1) is 12.8. The van der Waals surface area contributed by atoms with Gasteiger partial charge >= 0.3 is 0 Å². The van der Waals surface area contributed by atoms with Gasteiger partial charge in [0.05, 0.1) is 0 Å². The fourth-order valence-electron chi connectivity index (χ4n) is 2.20. The molecule has 1 aromatic heterocycles. The lowest BCUT2D eigenvalue weighted by Crippen LogP contribution is -2.19. The molecule has 0 aliphatic carbocycles. The molecule has 94 valence electrons. The molecule has 2 rings (SSSR count). The molecule has 2 nitrogen and oxygen atoms in total. The lowest BCUT2D eigenvalue weighted by molar-refractivity contribution is 0.537. The number of benzene rings is 1. The molecule has 0 radical (unpaired) electrons. The van der Waals surface area contributed by atoms with Gasteiger partial charge in [0.25, 0.3) is 0 Å². The van der Waals surface area contributed by atoms with Gasteiger partial charge in [0.2, 0.25) is 0 Å². The van der Waals surface area contributed by atoms with Gasteiger partial charge in [0.15, 0.2) is 0 Å². The Morgan fingerprint density at radius 2 is 1.56 bits per heavy atom. The highest BCUT2D eigenvalue weighted by molar-refractivity contribution is 5.62. The standard InChI is InChI=1S/C16H20N2/c1-3-16(18-4-2)15-7-5-13(6-8-15)14-9-11-17-12-10-14/h5-12,16,18H,3-4H2,1-2H3. The summed E-state index contributed by atoms with van der Waals surface area (Å²) in [4.78, 5) is 4.04. The number of rotatable bonds is 5. The highest BCUT2D eigenvalue weighted by Crippen LogP contribution is 2.22. The maximum absolute atomic E-state index is 4.04. The molecule has 0 spiro atoms. The monoisotopic (exact) mass is 240 g/mol. The molecule has 1 heterocycles. The first-order chi connectivity index (χ1) is 8.85. The van der Waals surface area contributed by atoms with Crippen molar-refractivity contribution in [2.45, 2.75) is 26.3 Å². The van der Waals surface area contributed by atoms with E-state index in [1.54, 1.807) is 0 Å². The average Bonchev–Trinajstić information content (AvgIpc) is 2.46. The summed E-state index contributed by atoms with van der Waals surface area (Å²) in [7, 11) is 0. The zero-order chi connectivity index (χ0) is 12.8. The lowest BCUT2D eigenvalue weighted by Gasteiger charge is -2.16. The molecule has 0 amide bonds. The van der Waals surface area contributed by atoms with Gasteiger partial charge in [-0.25, -0.2) is 0 Å². The number of nitrogens with zero attached hydrogens (tertiary/aromatic N) is 1. The van der Waals surface area contributed by atoms with E-state index in [0.29, 0.717) is 6.04 Å². The van der Waals surface area contributed by atoms with Crippen molar-refractivity contribution in [1.82, 2.24) is 10.3 Å². The van der Waals surface area contributed by atoms with Gasteiger partial charge in [-0.3, -0.25) is 4.98 Å². The molecule has 0 saturated heterocycles. The van der Waals surface area contributed by atoms with Gasteiger partial charge in [-0.2, -0.15) is 0 Å². The zero-order valence-corrected chi connectivity index (χ0v) is 11.1. The van der Waals surface area contributed by atoms with Crippen LogP contribution >= 0.6 is 0 Å². The summed E-state index contributed by atoms with van der Waals surface area (Å²) < 4.78 is 0. The molecule has 1 aromatic carbocycles. The minimum absolute atomic E-state index is 0.460. The van der Waals surface area contributed by atoms with Crippen molar-refractivity contribution in [3.63, 3.8) is 0 Å². The van der Waals surface area contributed by atoms with Crippen LogP contribution in [0.3, 0.4) is 0 Å². The van der Waals surface area contributed by atoms with Gasteiger partial charge in [0, 0.05) is 18.4 Å². The van der Waals surface area contributed by atoms with Crippen LogP contribution in [0.15, 0.2) is 48.8 Å². The van der Waals surface area contributed by atoms with E-state index in [2.05, 4.69) is 48.4 Å². The molecule has 1 atom stereocenters. The van der Waals surface area contributed by atoms with Crippen molar-refractivity contribution in [2.24, 2.45) is 0 Å². The molecule has 2 aromatic rings. The van der Waals surface area contributed by atoms with Crippen LogP contribution in [0.2, 0.25) is 0 Å². The normalized spacial score (nSPS) is 12.3. The Labute approximate surface area is 109 Å². The van der Waals surface area contributed by atoms with Crippen LogP contribution in [0.4, 0.5) is 0 Å². The van der Waals surface area contributed by atoms with E-state index in [4.69, 9.17) is 0 Å². The third kappa shape index (κ3) is 2.96. The Hall–Kier alpha value is -1.67. The Morgan fingerprint density at radius 3 is 2.11 bits per heavy atom. The van der Waals surface area contributed by atoms with E-state index in [9.17, 15) is 0 Å². The molecule has 1 unspecified atom stereocenters. The number of hydrogen-bond acceptors (Lipinski definition) is 2. The largest absolute Gasteiger partial charge is 0.310 e. The molecule has 1 N–H and O–H groups in total. The average molecular weight is 240 g/mol. The van der Waals surface area contributed by atoms with E-state index < -0.39 is 0 Å². The Kier molecular flexibility index (Phi) is 4.48. The molecule has 0 aliphatic heterocycles. The van der Waals surface area contributed by atoms with Crippen LogP contribution in [0.25, 0.3) is 11.1 Å². The van der Waals surface area contributed by atoms with E-state index in [1.807, 2.05) is 24.5 Å². The SMILES string of the molecule is CCNC(CC)c1ccc(-c2ccncc2)cc1. The van der Waals surface area contributed by atoms with Crippen molar-refractivity contribution in [1.29, 1.82) is 0 Å². The van der Waals surface area contributed by atoms with Gasteiger partial charge in [-0.1, -0.05) is 38.1 Å². The van der Waals surface area contributed by atoms with Crippen LogP contribution in [-0.2, 0) is 0 Å². The lowest BCUT2D eigenvalue weighted by atomic mass is 10.00. The molecule has 2 heteroatoms. The van der Waals surface area contributed by atoms with Crippen molar-refractivity contribution in [3.8, 4) is 11.1 Å². The first-order valence-electron chi connectivity index (χ1n) is 6.59.